The van der Waals surface area contributed by atoms with E-state index in [0.717, 1.165) is 36.4 Å². The fraction of sp³-hybridized carbons (Fsp3) is 0.667. The second-order valence-electron chi connectivity index (χ2n) is 5.54. The Morgan fingerprint density at radius 2 is 2.26 bits per heavy atom. The zero-order chi connectivity index (χ0) is 13.8. The maximum atomic E-state index is 5.88. The van der Waals surface area contributed by atoms with E-state index < -0.39 is 0 Å². The summed E-state index contributed by atoms with van der Waals surface area (Å²) in [7, 11) is 0. The molecule has 0 radical (unpaired) electrons. The van der Waals surface area contributed by atoms with Crippen LogP contribution in [-0.2, 0) is 11.2 Å². The Morgan fingerprint density at radius 1 is 1.47 bits per heavy atom. The first-order chi connectivity index (χ1) is 9.04. The minimum Gasteiger partial charge on any atom is -0.489 e. The number of rotatable bonds is 5. The first-order valence-electron chi connectivity index (χ1n) is 7.05. The molecule has 3 unspecified atom stereocenters. The number of aryl methyl sites for hydroxylation is 1. The summed E-state index contributed by atoms with van der Waals surface area (Å²) < 4.78 is 11.6. The Bertz CT molecular complexity index is 421. The lowest BCUT2D eigenvalue weighted by Gasteiger charge is -2.16. The molecule has 0 aromatic carbocycles. The second-order valence-corrected chi connectivity index (χ2v) is 5.54. The van der Waals surface area contributed by atoms with Crippen LogP contribution in [0.5, 0.6) is 5.75 Å². The van der Waals surface area contributed by atoms with Crippen molar-refractivity contribution in [3.8, 4) is 5.75 Å². The third kappa shape index (κ3) is 4.18. The summed E-state index contributed by atoms with van der Waals surface area (Å²) in [6, 6.07) is 4.04. The van der Waals surface area contributed by atoms with Gasteiger partial charge >= 0.3 is 0 Å². The molecule has 1 aromatic rings. The summed E-state index contributed by atoms with van der Waals surface area (Å²) in [6.07, 6.45) is 3.49. The predicted octanol–water partition coefficient (Wildman–Crippen LogP) is 2.23. The highest BCUT2D eigenvalue weighted by atomic mass is 16.5. The van der Waals surface area contributed by atoms with E-state index in [2.05, 4.69) is 11.9 Å². The van der Waals surface area contributed by atoms with Crippen LogP contribution in [0.4, 0.5) is 0 Å². The number of nitrogens with two attached hydrogens (primary N) is 1. The quantitative estimate of drug-likeness (QED) is 0.886. The van der Waals surface area contributed by atoms with Crippen LogP contribution in [0.25, 0.3) is 0 Å². The Labute approximate surface area is 115 Å². The SMILES string of the molecule is Cc1ccc(OCC2CCC(C)O2)c(CC(C)N)n1. The van der Waals surface area contributed by atoms with Gasteiger partial charge in [-0.15, -0.1) is 0 Å². The van der Waals surface area contributed by atoms with Gasteiger partial charge in [-0.3, -0.25) is 4.98 Å². The molecule has 4 heteroatoms. The molecule has 1 fully saturated rings. The molecular formula is C15H24N2O2. The molecule has 2 N–H and O–H groups in total. The highest BCUT2D eigenvalue weighted by molar-refractivity contribution is 5.30. The molecule has 4 nitrogen and oxygen atoms in total. The van der Waals surface area contributed by atoms with Crippen molar-refractivity contribution in [1.29, 1.82) is 0 Å². The fourth-order valence-electron chi connectivity index (χ4n) is 2.37. The van der Waals surface area contributed by atoms with Crippen LogP contribution in [-0.4, -0.2) is 29.8 Å². The summed E-state index contributed by atoms with van der Waals surface area (Å²) >= 11 is 0. The topological polar surface area (TPSA) is 57.4 Å². The molecule has 1 aromatic heterocycles. The molecule has 3 atom stereocenters. The molecule has 1 saturated heterocycles. The van der Waals surface area contributed by atoms with Gasteiger partial charge in [-0.25, -0.2) is 0 Å². The zero-order valence-corrected chi connectivity index (χ0v) is 12.1. The van der Waals surface area contributed by atoms with E-state index in [1.54, 1.807) is 0 Å². The van der Waals surface area contributed by atoms with E-state index in [-0.39, 0.29) is 12.1 Å². The first-order valence-corrected chi connectivity index (χ1v) is 7.05. The van der Waals surface area contributed by atoms with Crippen molar-refractivity contribution in [2.75, 3.05) is 6.61 Å². The van der Waals surface area contributed by atoms with E-state index in [0.29, 0.717) is 12.7 Å². The highest BCUT2D eigenvalue weighted by Crippen LogP contribution is 2.22. The van der Waals surface area contributed by atoms with Gasteiger partial charge < -0.3 is 15.2 Å². The highest BCUT2D eigenvalue weighted by Gasteiger charge is 2.22. The summed E-state index contributed by atoms with van der Waals surface area (Å²) in [6.45, 7) is 6.67. The predicted molar refractivity (Wildman–Crippen MR) is 75.4 cm³/mol. The van der Waals surface area contributed by atoms with E-state index >= 15 is 0 Å². The van der Waals surface area contributed by atoms with Gasteiger partial charge in [0.2, 0.25) is 0 Å². The number of ether oxygens (including phenoxy) is 2. The largest absolute Gasteiger partial charge is 0.489 e. The lowest BCUT2D eigenvalue weighted by molar-refractivity contribution is 0.0261. The van der Waals surface area contributed by atoms with Gasteiger partial charge in [-0.2, -0.15) is 0 Å². The average molecular weight is 264 g/mol. The van der Waals surface area contributed by atoms with Crippen LogP contribution >= 0.6 is 0 Å². The van der Waals surface area contributed by atoms with Crippen molar-refractivity contribution in [3.63, 3.8) is 0 Å². The third-order valence-electron chi connectivity index (χ3n) is 3.33. The number of pyridine rings is 1. The van der Waals surface area contributed by atoms with Crippen molar-refractivity contribution in [1.82, 2.24) is 4.98 Å². The van der Waals surface area contributed by atoms with Gasteiger partial charge in [0.05, 0.1) is 17.9 Å². The number of hydrogen-bond donors (Lipinski definition) is 1. The molecule has 2 rings (SSSR count). The van der Waals surface area contributed by atoms with Crippen LogP contribution in [0.2, 0.25) is 0 Å². The first kappa shape index (κ1) is 14.3. The Morgan fingerprint density at radius 3 is 2.89 bits per heavy atom. The molecule has 0 saturated carbocycles. The van der Waals surface area contributed by atoms with Crippen molar-refractivity contribution >= 4 is 0 Å². The molecule has 1 aliphatic heterocycles. The molecule has 0 spiro atoms. The lowest BCUT2D eigenvalue weighted by Crippen LogP contribution is -2.21. The number of hydrogen-bond acceptors (Lipinski definition) is 4. The van der Waals surface area contributed by atoms with Crippen LogP contribution in [0.15, 0.2) is 12.1 Å². The molecule has 0 amide bonds. The Hall–Kier alpha value is -1.13. The van der Waals surface area contributed by atoms with Crippen molar-refractivity contribution in [2.45, 2.75) is 58.3 Å². The lowest BCUT2D eigenvalue weighted by atomic mass is 10.1. The van der Waals surface area contributed by atoms with Gasteiger partial charge in [-0.1, -0.05) is 0 Å². The molecule has 0 bridgehead atoms. The van der Waals surface area contributed by atoms with E-state index in [1.165, 1.54) is 0 Å². The van der Waals surface area contributed by atoms with Gasteiger partial charge in [0.25, 0.3) is 0 Å². The molecule has 19 heavy (non-hydrogen) atoms. The number of nitrogens with zero attached hydrogens (tertiary/aromatic N) is 1. The van der Waals surface area contributed by atoms with Gasteiger partial charge in [0.1, 0.15) is 12.4 Å². The zero-order valence-electron chi connectivity index (χ0n) is 12.1. The van der Waals surface area contributed by atoms with Crippen LogP contribution in [0.3, 0.4) is 0 Å². The van der Waals surface area contributed by atoms with E-state index in [9.17, 15) is 0 Å². The summed E-state index contributed by atoms with van der Waals surface area (Å²) in [5, 5.41) is 0. The normalized spacial score (nSPS) is 24.4. The van der Waals surface area contributed by atoms with Crippen molar-refractivity contribution in [2.24, 2.45) is 5.73 Å². The Balaban J connectivity index is 1.98. The van der Waals surface area contributed by atoms with Crippen LogP contribution in [0, 0.1) is 6.92 Å². The maximum absolute atomic E-state index is 5.88. The molecule has 106 valence electrons. The third-order valence-corrected chi connectivity index (χ3v) is 3.33. The van der Waals surface area contributed by atoms with Gasteiger partial charge in [0, 0.05) is 18.2 Å². The maximum Gasteiger partial charge on any atom is 0.141 e. The molecule has 2 heterocycles. The van der Waals surface area contributed by atoms with Crippen LogP contribution < -0.4 is 10.5 Å². The van der Waals surface area contributed by atoms with Crippen LogP contribution in [0.1, 0.15) is 38.1 Å². The van der Waals surface area contributed by atoms with Crippen molar-refractivity contribution < 1.29 is 9.47 Å². The van der Waals surface area contributed by atoms with Crippen molar-refractivity contribution in [3.05, 3.63) is 23.5 Å². The second kappa shape index (κ2) is 6.35. The minimum atomic E-state index is 0.0828. The fourth-order valence-corrected chi connectivity index (χ4v) is 2.37. The molecule has 1 aliphatic rings. The standard InChI is InChI=1S/C15H24N2O2/c1-10(16)8-14-15(7-4-11(2)17-14)18-9-13-6-5-12(3)19-13/h4,7,10,12-13H,5-6,8-9,16H2,1-3H3. The summed E-state index contributed by atoms with van der Waals surface area (Å²) in [5.41, 5.74) is 7.80. The van der Waals surface area contributed by atoms with Gasteiger partial charge in [0.15, 0.2) is 0 Å². The average Bonchev–Trinajstić information content (AvgIpc) is 2.73. The molecule has 0 aliphatic carbocycles. The Kier molecular flexibility index (Phi) is 4.77. The van der Waals surface area contributed by atoms with E-state index in [4.69, 9.17) is 15.2 Å². The smallest absolute Gasteiger partial charge is 0.141 e. The summed E-state index contributed by atoms with van der Waals surface area (Å²) in [5.74, 6) is 0.839. The monoisotopic (exact) mass is 264 g/mol. The van der Waals surface area contributed by atoms with E-state index in [1.807, 2.05) is 26.0 Å². The van der Waals surface area contributed by atoms with Gasteiger partial charge in [-0.05, 0) is 45.7 Å². The minimum absolute atomic E-state index is 0.0828. The number of aromatic nitrogens is 1. The summed E-state index contributed by atoms with van der Waals surface area (Å²) in [4.78, 5) is 4.53. The molecular weight excluding hydrogens is 240 g/mol.